The number of aliphatic carboxylic acids is 2. The first-order chi connectivity index (χ1) is 14.2. The van der Waals surface area contributed by atoms with Crippen molar-refractivity contribution in [3.63, 3.8) is 0 Å². The highest BCUT2D eigenvalue weighted by molar-refractivity contribution is 6.44. The van der Waals surface area contributed by atoms with Crippen molar-refractivity contribution >= 4 is 52.7 Å². The molecule has 2 N–H and O–H groups in total. The molecule has 30 heavy (non-hydrogen) atoms. The molecule has 2 rings (SSSR count). The predicted octanol–water partition coefficient (Wildman–Crippen LogP) is 5.33. The Labute approximate surface area is 187 Å². The van der Waals surface area contributed by atoms with Gasteiger partial charge in [-0.2, -0.15) is 0 Å². The van der Waals surface area contributed by atoms with Gasteiger partial charge in [-0.3, -0.25) is 4.79 Å². The summed E-state index contributed by atoms with van der Waals surface area (Å²) >= 11 is 18.3. The lowest BCUT2D eigenvalue weighted by molar-refractivity contribution is -0.158. The molecule has 0 aliphatic carbocycles. The molecular formula is C20H17Cl3O7. The maximum absolute atomic E-state index is 11.7. The van der Waals surface area contributed by atoms with Gasteiger partial charge in [-0.1, -0.05) is 46.9 Å². The Morgan fingerprint density at radius 1 is 0.867 bits per heavy atom. The average molecular weight is 476 g/mol. The molecule has 0 fully saturated rings. The third-order valence-corrected chi connectivity index (χ3v) is 4.98. The van der Waals surface area contributed by atoms with Crippen LogP contribution < -0.4 is 9.47 Å². The minimum absolute atomic E-state index is 0.0623. The zero-order chi connectivity index (χ0) is 22.3. The average Bonchev–Trinajstić information content (AvgIpc) is 2.68. The summed E-state index contributed by atoms with van der Waals surface area (Å²) in [7, 11) is 0. The highest BCUT2D eigenvalue weighted by Gasteiger charge is 2.22. The highest BCUT2D eigenvalue weighted by atomic mass is 35.5. The fourth-order valence-electron chi connectivity index (χ4n) is 2.55. The summed E-state index contributed by atoms with van der Waals surface area (Å²) in [5.74, 6) is -4.14. The second-order valence-corrected chi connectivity index (χ2v) is 7.35. The van der Waals surface area contributed by atoms with Gasteiger partial charge in [0.25, 0.3) is 0 Å². The minimum Gasteiger partial charge on any atom is -0.490 e. The van der Waals surface area contributed by atoms with Gasteiger partial charge in [0.05, 0.1) is 21.7 Å². The molecule has 0 unspecified atom stereocenters. The maximum Gasteiger partial charge on any atom is 0.422 e. The molecule has 0 saturated carbocycles. The molecule has 0 spiro atoms. The zero-order valence-corrected chi connectivity index (χ0v) is 17.8. The monoisotopic (exact) mass is 474 g/mol. The number of unbranched alkanes of at least 4 members (excludes halogenated alkanes) is 2. The number of ether oxygens (including phenoxy) is 2. The SMILES string of the molecule is O=C(O)CCCCCOc1cccc(-c2cc(Cl)c(Cl)cc2Cl)c1OC(=O)C(=O)O. The summed E-state index contributed by atoms with van der Waals surface area (Å²) in [4.78, 5) is 33.3. The standard InChI is InChI=1S/C20H17Cl3O7/c21-13-10-15(23)14(22)9-12(13)11-5-4-6-16(18(11)30-20(28)19(26)27)29-8-3-1-2-7-17(24)25/h4-6,9-10H,1-3,7-8H2,(H,24,25)(H,26,27). The van der Waals surface area contributed by atoms with Crippen molar-refractivity contribution in [3.8, 4) is 22.6 Å². The first kappa shape index (κ1) is 23.8. The summed E-state index contributed by atoms with van der Waals surface area (Å²) in [6, 6.07) is 7.58. The number of benzene rings is 2. The van der Waals surface area contributed by atoms with Crippen molar-refractivity contribution in [1.82, 2.24) is 0 Å². The molecule has 0 bridgehead atoms. The lowest BCUT2D eigenvalue weighted by Crippen LogP contribution is -2.20. The number of carbonyl (C=O) groups is 3. The quantitative estimate of drug-likeness (QED) is 0.166. The van der Waals surface area contributed by atoms with Crippen LogP contribution in [-0.4, -0.2) is 34.7 Å². The normalized spacial score (nSPS) is 10.5. The molecule has 0 amide bonds. The summed E-state index contributed by atoms with van der Waals surface area (Å²) in [5, 5.41) is 18.2. The van der Waals surface area contributed by atoms with Crippen LogP contribution in [0.1, 0.15) is 25.7 Å². The van der Waals surface area contributed by atoms with E-state index in [-0.39, 0.29) is 45.2 Å². The van der Waals surface area contributed by atoms with E-state index >= 15 is 0 Å². The Morgan fingerprint density at radius 3 is 2.23 bits per heavy atom. The molecule has 2 aromatic rings. The fraction of sp³-hybridized carbons (Fsp3) is 0.250. The van der Waals surface area contributed by atoms with Crippen LogP contribution in [0.3, 0.4) is 0 Å². The lowest BCUT2D eigenvalue weighted by Gasteiger charge is -2.16. The molecule has 2 aromatic carbocycles. The van der Waals surface area contributed by atoms with Crippen molar-refractivity contribution in [2.24, 2.45) is 0 Å². The van der Waals surface area contributed by atoms with Gasteiger partial charge < -0.3 is 19.7 Å². The second-order valence-electron chi connectivity index (χ2n) is 6.13. The van der Waals surface area contributed by atoms with Crippen LogP contribution in [0, 0.1) is 0 Å². The molecule has 10 heteroatoms. The Bertz CT molecular complexity index is 960. The predicted molar refractivity (Wildman–Crippen MR) is 112 cm³/mol. The van der Waals surface area contributed by atoms with Crippen molar-refractivity contribution in [2.75, 3.05) is 6.61 Å². The molecule has 0 saturated heterocycles. The van der Waals surface area contributed by atoms with E-state index in [0.717, 1.165) is 0 Å². The molecule has 0 atom stereocenters. The van der Waals surface area contributed by atoms with Gasteiger partial charge in [-0.15, -0.1) is 0 Å². The third-order valence-electron chi connectivity index (χ3n) is 3.94. The topological polar surface area (TPSA) is 110 Å². The van der Waals surface area contributed by atoms with Crippen LogP contribution in [-0.2, 0) is 14.4 Å². The molecule has 0 aliphatic heterocycles. The van der Waals surface area contributed by atoms with Crippen LogP contribution in [0.25, 0.3) is 11.1 Å². The fourth-order valence-corrected chi connectivity index (χ4v) is 3.20. The van der Waals surface area contributed by atoms with Gasteiger partial charge >= 0.3 is 17.9 Å². The molecule has 0 heterocycles. The molecule has 7 nitrogen and oxygen atoms in total. The van der Waals surface area contributed by atoms with E-state index in [4.69, 9.17) is 54.5 Å². The van der Waals surface area contributed by atoms with Crippen molar-refractivity contribution in [1.29, 1.82) is 0 Å². The number of carbonyl (C=O) groups excluding carboxylic acids is 1. The number of carboxylic acids is 2. The number of hydrogen-bond acceptors (Lipinski definition) is 5. The first-order valence-corrected chi connectivity index (χ1v) is 9.91. The van der Waals surface area contributed by atoms with Crippen LogP contribution in [0.4, 0.5) is 0 Å². The van der Waals surface area contributed by atoms with Crippen LogP contribution in [0.15, 0.2) is 30.3 Å². The number of carboxylic acid groups (broad SMARTS) is 2. The summed E-state index contributed by atoms with van der Waals surface area (Å²) in [6.45, 7) is 0.204. The molecule has 0 radical (unpaired) electrons. The van der Waals surface area contributed by atoms with Crippen molar-refractivity contribution < 1.29 is 34.1 Å². The number of halogens is 3. The Morgan fingerprint density at radius 2 is 1.57 bits per heavy atom. The van der Waals surface area contributed by atoms with Gasteiger partial charge in [-0.05, 0) is 37.5 Å². The van der Waals surface area contributed by atoms with Crippen LogP contribution in [0.2, 0.25) is 15.1 Å². The molecule has 0 aromatic heterocycles. The van der Waals surface area contributed by atoms with E-state index in [1.54, 1.807) is 12.1 Å². The van der Waals surface area contributed by atoms with Crippen molar-refractivity contribution in [3.05, 3.63) is 45.4 Å². The van der Waals surface area contributed by atoms with Crippen molar-refractivity contribution in [2.45, 2.75) is 25.7 Å². The number of hydrogen-bond donors (Lipinski definition) is 2. The smallest absolute Gasteiger partial charge is 0.422 e. The Kier molecular flexibility index (Phi) is 8.77. The highest BCUT2D eigenvalue weighted by Crippen LogP contribution is 2.43. The molecular weight excluding hydrogens is 459 g/mol. The summed E-state index contributed by atoms with van der Waals surface area (Å²) in [5.41, 5.74) is 0.655. The Hall–Kier alpha value is -2.48. The second kappa shape index (κ2) is 11.1. The first-order valence-electron chi connectivity index (χ1n) is 8.78. The zero-order valence-electron chi connectivity index (χ0n) is 15.5. The van der Waals surface area contributed by atoms with E-state index in [9.17, 15) is 14.4 Å². The number of para-hydroxylation sites is 1. The minimum atomic E-state index is -1.77. The molecule has 0 aliphatic rings. The van der Waals surface area contributed by atoms with E-state index in [1.165, 1.54) is 18.2 Å². The van der Waals surface area contributed by atoms with Gasteiger partial charge in [0.1, 0.15) is 0 Å². The van der Waals surface area contributed by atoms with E-state index < -0.39 is 17.9 Å². The van der Waals surface area contributed by atoms with Gasteiger partial charge in [-0.25, -0.2) is 9.59 Å². The Balaban J connectivity index is 2.32. The van der Waals surface area contributed by atoms with Gasteiger partial charge in [0.15, 0.2) is 11.5 Å². The summed E-state index contributed by atoms with van der Waals surface area (Å²) in [6.07, 6.45) is 1.73. The number of rotatable bonds is 9. The van der Waals surface area contributed by atoms with E-state index in [1.807, 2.05) is 0 Å². The molecule has 160 valence electrons. The van der Waals surface area contributed by atoms with E-state index in [2.05, 4.69) is 0 Å². The summed E-state index contributed by atoms with van der Waals surface area (Å²) < 4.78 is 10.7. The lowest BCUT2D eigenvalue weighted by atomic mass is 10.0. The number of esters is 1. The largest absolute Gasteiger partial charge is 0.490 e. The van der Waals surface area contributed by atoms with E-state index in [0.29, 0.717) is 24.8 Å². The van der Waals surface area contributed by atoms with Crippen LogP contribution in [0.5, 0.6) is 11.5 Å². The van der Waals surface area contributed by atoms with Crippen LogP contribution >= 0.6 is 34.8 Å². The van der Waals surface area contributed by atoms with Gasteiger partial charge in [0, 0.05) is 17.5 Å². The third kappa shape index (κ3) is 6.52. The van der Waals surface area contributed by atoms with Gasteiger partial charge in [0.2, 0.25) is 0 Å². The maximum atomic E-state index is 11.7.